The quantitative estimate of drug-likeness (QED) is 0.476. The van der Waals surface area contributed by atoms with Gasteiger partial charge in [0.15, 0.2) is 0 Å². The minimum absolute atomic E-state index is 0.0428. The lowest BCUT2D eigenvalue weighted by atomic mass is 9.48. The van der Waals surface area contributed by atoms with E-state index in [9.17, 15) is 9.59 Å². The van der Waals surface area contributed by atoms with E-state index in [-0.39, 0.29) is 28.5 Å². The second-order valence-corrected chi connectivity index (χ2v) is 10.3. The first-order valence-electron chi connectivity index (χ1n) is 11.5. The summed E-state index contributed by atoms with van der Waals surface area (Å²) in [6.07, 6.45) is 14.2. The van der Waals surface area contributed by atoms with E-state index in [1.807, 2.05) is 6.07 Å². The predicted molar refractivity (Wildman–Crippen MR) is 115 cm³/mol. The van der Waals surface area contributed by atoms with Crippen molar-refractivity contribution in [3.8, 4) is 0 Å². The lowest BCUT2D eigenvalue weighted by Gasteiger charge is -2.57. The van der Waals surface area contributed by atoms with Crippen LogP contribution in [-0.2, 0) is 9.53 Å². The fraction of sp³-hybridized carbons (Fsp3) is 0.615. The first-order chi connectivity index (χ1) is 14.3. The summed E-state index contributed by atoms with van der Waals surface area (Å²) in [4.78, 5) is 22.8. The van der Waals surface area contributed by atoms with Crippen molar-refractivity contribution < 1.29 is 13.9 Å². The minimum Gasteiger partial charge on any atom is -0.458 e. The van der Waals surface area contributed by atoms with Crippen LogP contribution in [0.4, 0.5) is 0 Å². The molecule has 160 valence electrons. The SMILES string of the molecule is CC(=O)OC1C=C2CCC3C4=CC[C@H](c5ccc(=O)oc5)[C@@]4(C)CCC3[C@@]2(C)CC1. The summed E-state index contributed by atoms with van der Waals surface area (Å²) in [6.45, 7) is 6.40. The smallest absolute Gasteiger partial charge is 0.335 e. The highest BCUT2D eigenvalue weighted by atomic mass is 16.5. The third-order valence-corrected chi connectivity index (χ3v) is 8.92. The average Bonchev–Trinajstić information content (AvgIpc) is 3.06. The second-order valence-electron chi connectivity index (χ2n) is 10.3. The second kappa shape index (κ2) is 6.96. The Morgan fingerprint density at radius 3 is 2.67 bits per heavy atom. The normalized spacial score (nSPS) is 39.8. The van der Waals surface area contributed by atoms with Gasteiger partial charge in [0.2, 0.25) is 0 Å². The van der Waals surface area contributed by atoms with Crippen LogP contribution in [0.5, 0.6) is 0 Å². The number of hydrogen-bond acceptors (Lipinski definition) is 4. The molecular weight excluding hydrogens is 376 g/mol. The van der Waals surface area contributed by atoms with Gasteiger partial charge in [-0.3, -0.25) is 4.79 Å². The van der Waals surface area contributed by atoms with Gasteiger partial charge in [0, 0.05) is 13.0 Å². The number of allylic oxidation sites excluding steroid dienone is 3. The maximum absolute atomic E-state index is 11.4. The van der Waals surface area contributed by atoms with Crippen LogP contribution < -0.4 is 5.63 Å². The lowest BCUT2D eigenvalue weighted by Crippen LogP contribution is -2.48. The van der Waals surface area contributed by atoms with Crippen molar-refractivity contribution in [3.05, 3.63) is 57.7 Å². The van der Waals surface area contributed by atoms with Gasteiger partial charge in [-0.25, -0.2) is 4.79 Å². The highest BCUT2D eigenvalue weighted by molar-refractivity contribution is 5.66. The zero-order valence-corrected chi connectivity index (χ0v) is 18.3. The highest BCUT2D eigenvalue weighted by Gasteiger charge is 2.56. The molecule has 0 amide bonds. The van der Waals surface area contributed by atoms with Gasteiger partial charge in [-0.2, -0.15) is 0 Å². The topological polar surface area (TPSA) is 56.5 Å². The highest BCUT2D eigenvalue weighted by Crippen LogP contribution is 2.66. The van der Waals surface area contributed by atoms with E-state index in [2.05, 4.69) is 26.0 Å². The van der Waals surface area contributed by atoms with Crippen molar-refractivity contribution in [2.45, 2.75) is 77.7 Å². The molecule has 0 aliphatic heterocycles. The molecule has 0 radical (unpaired) electrons. The largest absolute Gasteiger partial charge is 0.458 e. The van der Waals surface area contributed by atoms with Crippen molar-refractivity contribution in [2.24, 2.45) is 22.7 Å². The summed E-state index contributed by atoms with van der Waals surface area (Å²) < 4.78 is 10.7. The van der Waals surface area contributed by atoms with Gasteiger partial charge in [-0.05, 0) is 91.2 Å². The van der Waals surface area contributed by atoms with Crippen LogP contribution in [0.15, 0.2) is 50.9 Å². The molecule has 5 rings (SSSR count). The number of fused-ring (bicyclic) bond motifs is 5. The Kier molecular flexibility index (Phi) is 4.61. The first-order valence-corrected chi connectivity index (χ1v) is 11.5. The van der Waals surface area contributed by atoms with Crippen LogP contribution in [0, 0.1) is 22.7 Å². The van der Waals surface area contributed by atoms with E-state index < -0.39 is 0 Å². The lowest BCUT2D eigenvalue weighted by molar-refractivity contribution is -0.145. The minimum atomic E-state index is -0.275. The summed E-state index contributed by atoms with van der Waals surface area (Å²) in [6, 6.07) is 3.52. The molecule has 0 N–H and O–H groups in total. The number of rotatable bonds is 2. The molecule has 4 aliphatic rings. The summed E-state index contributed by atoms with van der Waals surface area (Å²) in [5.41, 5.74) is 4.43. The molecule has 1 aromatic rings. The van der Waals surface area contributed by atoms with E-state index in [4.69, 9.17) is 9.15 Å². The van der Waals surface area contributed by atoms with Gasteiger partial charge < -0.3 is 9.15 Å². The van der Waals surface area contributed by atoms with E-state index in [0.717, 1.165) is 31.2 Å². The molecule has 4 aliphatic carbocycles. The molecule has 0 bridgehead atoms. The van der Waals surface area contributed by atoms with Crippen LogP contribution in [0.2, 0.25) is 0 Å². The van der Waals surface area contributed by atoms with Crippen molar-refractivity contribution in [1.82, 2.24) is 0 Å². The first kappa shape index (κ1) is 19.8. The standard InChI is InChI=1S/C26H32O4/c1-16(27)30-19-10-12-25(2)18(14-19)5-6-20-22-8-7-21(17-4-9-24(28)29-15-17)26(22,3)13-11-23(20)25/h4,8-9,14-15,19-21,23H,5-7,10-13H2,1-3H3/t19?,20?,21-,23?,25+,26-/m1/s1. The summed E-state index contributed by atoms with van der Waals surface area (Å²) in [5.74, 6) is 1.53. The van der Waals surface area contributed by atoms with Crippen LogP contribution in [0.1, 0.15) is 77.2 Å². The van der Waals surface area contributed by atoms with Gasteiger partial charge in [-0.1, -0.05) is 31.1 Å². The molecule has 0 spiro atoms. The van der Waals surface area contributed by atoms with Crippen molar-refractivity contribution in [3.63, 3.8) is 0 Å². The van der Waals surface area contributed by atoms with Crippen molar-refractivity contribution >= 4 is 5.97 Å². The Balaban J connectivity index is 1.42. The molecular formula is C26H32O4. The third-order valence-electron chi connectivity index (χ3n) is 8.92. The van der Waals surface area contributed by atoms with E-state index >= 15 is 0 Å². The number of ether oxygens (including phenoxy) is 1. The maximum atomic E-state index is 11.4. The van der Waals surface area contributed by atoms with Crippen molar-refractivity contribution in [2.75, 3.05) is 0 Å². The van der Waals surface area contributed by atoms with Gasteiger partial charge >= 0.3 is 11.6 Å². The molecule has 1 heterocycles. The van der Waals surface area contributed by atoms with Crippen LogP contribution in [0.3, 0.4) is 0 Å². The summed E-state index contributed by atoms with van der Waals surface area (Å²) in [5, 5.41) is 0. The maximum Gasteiger partial charge on any atom is 0.335 e. The molecule has 1 aromatic heterocycles. The zero-order valence-electron chi connectivity index (χ0n) is 18.3. The van der Waals surface area contributed by atoms with E-state index in [0.29, 0.717) is 17.8 Å². The Morgan fingerprint density at radius 1 is 1.13 bits per heavy atom. The fourth-order valence-corrected chi connectivity index (χ4v) is 7.41. The van der Waals surface area contributed by atoms with Crippen LogP contribution in [0.25, 0.3) is 0 Å². The Morgan fingerprint density at radius 2 is 1.93 bits per heavy atom. The van der Waals surface area contributed by atoms with E-state index in [1.165, 1.54) is 31.8 Å². The number of carbonyl (C=O) groups is 1. The predicted octanol–water partition coefficient (Wildman–Crippen LogP) is 5.54. The molecule has 0 aromatic carbocycles. The summed E-state index contributed by atoms with van der Waals surface area (Å²) >= 11 is 0. The third kappa shape index (κ3) is 2.94. The molecule has 3 unspecified atom stereocenters. The summed E-state index contributed by atoms with van der Waals surface area (Å²) in [7, 11) is 0. The van der Waals surface area contributed by atoms with E-state index in [1.54, 1.807) is 17.9 Å². The molecule has 2 saturated carbocycles. The molecule has 2 fully saturated rings. The number of hydrogen-bond donors (Lipinski definition) is 0. The van der Waals surface area contributed by atoms with Crippen molar-refractivity contribution in [1.29, 1.82) is 0 Å². The Bertz CT molecular complexity index is 964. The molecule has 4 nitrogen and oxygen atoms in total. The van der Waals surface area contributed by atoms with Crippen LogP contribution in [-0.4, -0.2) is 12.1 Å². The van der Waals surface area contributed by atoms with Gasteiger partial charge in [0.25, 0.3) is 0 Å². The molecule has 0 saturated heterocycles. The molecule has 6 atom stereocenters. The van der Waals surface area contributed by atoms with Gasteiger partial charge in [0.1, 0.15) is 6.10 Å². The number of carbonyl (C=O) groups excluding carboxylic acids is 1. The fourth-order valence-electron chi connectivity index (χ4n) is 7.41. The average molecular weight is 409 g/mol. The molecule has 4 heteroatoms. The zero-order chi connectivity index (χ0) is 21.1. The Hall–Kier alpha value is -2.10. The van der Waals surface area contributed by atoms with Crippen LogP contribution >= 0.6 is 0 Å². The van der Waals surface area contributed by atoms with Gasteiger partial charge in [-0.15, -0.1) is 0 Å². The van der Waals surface area contributed by atoms with Gasteiger partial charge in [0.05, 0.1) is 6.26 Å². The Labute approximate surface area is 178 Å². The number of esters is 1. The monoisotopic (exact) mass is 408 g/mol. The molecule has 30 heavy (non-hydrogen) atoms.